The molecule has 0 spiro atoms. The minimum absolute atomic E-state index is 0.219. The molecule has 1 N–H and O–H groups in total. The molecule has 84 valence electrons. The Hall–Kier alpha value is -0.940. The molecule has 0 bridgehead atoms. The monoisotopic (exact) mass is 210 g/mol. The summed E-state index contributed by atoms with van der Waals surface area (Å²) < 4.78 is 1.91. The van der Waals surface area contributed by atoms with Crippen LogP contribution in [0.15, 0.2) is 6.33 Å². The van der Waals surface area contributed by atoms with Crippen LogP contribution in [0.2, 0.25) is 0 Å². The van der Waals surface area contributed by atoms with E-state index in [1.165, 1.54) is 12.8 Å². The topological polar surface area (TPSA) is 54.2 Å². The summed E-state index contributed by atoms with van der Waals surface area (Å²) in [6, 6.07) is 0.652. The van der Waals surface area contributed by atoms with Crippen molar-refractivity contribution < 1.29 is 5.11 Å². The zero-order valence-corrected chi connectivity index (χ0v) is 9.13. The first-order valence-electron chi connectivity index (χ1n) is 5.56. The van der Waals surface area contributed by atoms with Gasteiger partial charge in [-0.2, -0.15) is 5.10 Å². The highest BCUT2D eigenvalue weighted by Crippen LogP contribution is 2.27. The van der Waals surface area contributed by atoms with Gasteiger partial charge in [-0.3, -0.25) is 4.90 Å². The lowest BCUT2D eigenvalue weighted by Crippen LogP contribution is -2.30. The van der Waals surface area contributed by atoms with Crippen molar-refractivity contribution in [1.29, 1.82) is 0 Å². The molecule has 2 rings (SSSR count). The average Bonchev–Trinajstić information content (AvgIpc) is 2.99. The first-order valence-corrected chi connectivity index (χ1v) is 5.56. The van der Waals surface area contributed by atoms with Crippen LogP contribution in [0.1, 0.15) is 25.6 Å². The van der Waals surface area contributed by atoms with Crippen molar-refractivity contribution in [3.05, 3.63) is 12.2 Å². The van der Waals surface area contributed by atoms with E-state index in [2.05, 4.69) is 21.9 Å². The van der Waals surface area contributed by atoms with Crippen LogP contribution in [0.25, 0.3) is 0 Å². The fraction of sp³-hybridized carbons (Fsp3) is 0.800. The van der Waals surface area contributed by atoms with Crippen LogP contribution in [0.4, 0.5) is 0 Å². The molecule has 0 unspecified atom stereocenters. The Kier molecular flexibility index (Phi) is 3.33. The van der Waals surface area contributed by atoms with Gasteiger partial charge in [-0.25, -0.2) is 9.67 Å². The predicted molar refractivity (Wildman–Crippen MR) is 56.2 cm³/mol. The van der Waals surface area contributed by atoms with Gasteiger partial charge in [-0.05, 0) is 19.8 Å². The molecule has 1 aliphatic rings. The van der Waals surface area contributed by atoms with E-state index in [9.17, 15) is 0 Å². The summed E-state index contributed by atoms with van der Waals surface area (Å²) in [5.41, 5.74) is 0. The predicted octanol–water partition coefficient (Wildman–Crippen LogP) is 0.255. The number of nitrogens with zero attached hydrogens (tertiary/aromatic N) is 4. The lowest BCUT2D eigenvalue weighted by molar-refractivity contribution is 0.178. The first kappa shape index (κ1) is 10.6. The zero-order chi connectivity index (χ0) is 10.7. The van der Waals surface area contributed by atoms with Crippen LogP contribution in [0.3, 0.4) is 0 Å². The minimum atomic E-state index is 0.219. The molecule has 0 atom stereocenters. The number of aliphatic hydroxyl groups is 1. The third-order valence-electron chi connectivity index (χ3n) is 2.79. The zero-order valence-electron chi connectivity index (χ0n) is 9.13. The smallest absolute Gasteiger partial charge is 0.141 e. The van der Waals surface area contributed by atoms with Gasteiger partial charge >= 0.3 is 0 Å². The van der Waals surface area contributed by atoms with Crippen LogP contribution in [-0.2, 0) is 13.1 Å². The molecule has 0 aromatic carbocycles. The van der Waals surface area contributed by atoms with Crippen molar-refractivity contribution in [2.45, 2.75) is 38.9 Å². The summed E-state index contributed by atoms with van der Waals surface area (Å²) in [5, 5.41) is 13.1. The molecular weight excluding hydrogens is 192 g/mol. The van der Waals surface area contributed by atoms with Gasteiger partial charge in [0.2, 0.25) is 0 Å². The fourth-order valence-electron chi connectivity index (χ4n) is 1.82. The molecule has 1 aromatic rings. The normalized spacial score (nSPS) is 16.2. The summed E-state index contributed by atoms with van der Waals surface area (Å²) in [6.45, 7) is 4.68. The molecule has 5 heteroatoms. The molecule has 1 fully saturated rings. The number of aryl methyl sites for hydroxylation is 1. The molecule has 0 saturated heterocycles. The van der Waals surface area contributed by atoms with Crippen molar-refractivity contribution in [3.63, 3.8) is 0 Å². The fourth-order valence-corrected chi connectivity index (χ4v) is 1.82. The van der Waals surface area contributed by atoms with Crippen molar-refractivity contribution >= 4 is 0 Å². The van der Waals surface area contributed by atoms with Gasteiger partial charge in [0.05, 0.1) is 13.2 Å². The molecule has 15 heavy (non-hydrogen) atoms. The number of rotatable bonds is 6. The maximum atomic E-state index is 8.98. The summed E-state index contributed by atoms with van der Waals surface area (Å²) >= 11 is 0. The van der Waals surface area contributed by atoms with Crippen molar-refractivity contribution in [2.24, 2.45) is 0 Å². The number of aromatic nitrogens is 3. The summed E-state index contributed by atoms with van der Waals surface area (Å²) in [5.74, 6) is 0.998. The molecule has 1 heterocycles. The van der Waals surface area contributed by atoms with Gasteiger partial charge in [0.25, 0.3) is 0 Å². The molecule has 0 amide bonds. The molecule has 5 nitrogen and oxygen atoms in total. The average molecular weight is 210 g/mol. The lowest BCUT2D eigenvalue weighted by Gasteiger charge is -2.20. The Morgan fingerprint density at radius 1 is 1.60 bits per heavy atom. The van der Waals surface area contributed by atoms with Crippen LogP contribution < -0.4 is 0 Å². The van der Waals surface area contributed by atoms with Gasteiger partial charge in [-0.15, -0.1) is 0 Å². The standard InChI is InChI=1S/C10H18N4O/c1-2-14-10(11-8-12-14)7-13(5-6-15)9-3-4-9/h8-9,15H,2-7H2,1H3. The first-order chi connectivity index (χ1) is 7.35. The minimum Gasteiger partial charge on any atom is -0.395 e. The van der Waals surface area contributed by atoms with Gasteiger partial charge in [-0.1, -0.05) is 0 Å². The van der Waals surface area contributed by atoms with Gasteiger partial charge in [0, 0.05) is 19.1 Å². The molecule has 0 aliphatic heterocycles. The maximum Gasteiger partial charge on any atom is 0.141 e. The van der Waals surface area contributed by atoms with E-state index in [4.69, 9.17) is 5.11 Å². The molecule has 1 saturated carbocycles. The number of hydrogen-bond acceptors (Lipinski definition) is 4. The van der Waals surface area contributed by atoms with E-state index in [1.54, 1.807) is 6.33 Å². The second-order valence-corrected chi connectivity index (χ2v) is 3.92. The third-order valence-corrected chi connectivity index (χ3v) is 2.79. The van der Waals surface area contributed by atoms with E-state index < -0.39 is 0 Å². The highest BCUT2D eigenvalue weighted by Gasteiger charge is 2.29. The van der Waals surface area contributed by atoms with E-state index >= 15 is 0 Å². The second kappa shape index (κ2) is 4.72. The van der Waals surface area contributed by atoms with E-state index in [0.29, 0.717) is 6.04 Å². The van der Waals surface area contributed by atoms with Crippen LogP contribution >= 0.6 is 0 Å². The van der Waals surface area contributed by atoms with E-state index in [1.807, 2.05) is 4.68 Å². The highest BCUT2D eigenvalue weighted by molar-refractivity contribution is 4.90. The number of aliphatic hydroxyl groups excluding tert-OH is 1. The Balaban J connectivity index is 1.98. The van der Waals surface area contributed by atoms with Crippen molar-refractivity contribution in [1.82, 2.24) is 19.7 Å². The second-order valence-electron chi connectivity index (χ2n) is 3.92. The Morgan fingerprint density at radius 3 is 3.00 bits per heavy atom. The Labute approximate surface area is 89.7 Å². The summed E-state index contributed by atoms with van der Waals surface area (Å²) in [6.07, 6.45) is 4.10. The Morgan fingerprint density at radius 2 is 2.40 bits per heavy atom. The lowest BCUT2D eigenvalue weighted by atomic mass is 10.4. The van der Waals surface area contributed by atoms with Crippen LogP contribution in [0, 0.1) is 0 Å². The van der Waals surface area contributed by atoms with Gasteiger partial charge in [0.1, 0.15) is 12.2 Å². The summed E-state index contributed by atoms with van der Waals surface area (Å²) in [7, 11) is 0. The third kappa shape index (κ3) is 2.54. The van der Waals surface area contributed by atoms with E-state index in [0.717, 1.165) is 25.5 Å². The SMILES string of the molecule is CCn1ncnc1CN(CCO)C1CC1. The van der Waals surface area contributed by atoms with Crippen molar-refractivity contribution in [3.8, 4) is 0 Å². The quantitative estimate of drug-likeness (QED) is 0.731. The van der Waals surface area contributed by atoms with Crippen LogP contribution in [0.5, 0.6) is 0 Å². The van der Waals surface area contributed by atoms with Gasteiger partial charge in [0.15, 0.2) is 0 Å². The molecule has 1 aliphatic carbocycles. The highest BCUT2D eigenvalue weighted by atomic mass is 16.3. The molecular formula is C10H18N4O. The maximum absolute atomic E-state index is 8.98. The number of hydrogen-bond donors (Lipinski definition) is 1. The van der Waals surface area contributed by atoms with E-state index in [-0.39, 0.29) is 6.61 Å². The largest absolute Gasteiger partial charge is 0.395 e. The van der Waals surface area contributed by atoms with Gasteiger partial charge < -0.3 is 5.11 Å². The molecule has 0 radical (unpaired) electrons. The summed E-state index contributed by atoms with van der Waals surface area (Å²) in [4.78, 5) is 6.54. The van der Waals surface area contributed by atoms with Crippen LogP contribution in [-0.4, -0.2) is 44.0 Å². The Bertz CT molecular complexity index is 308. The molecule has 1 aromatic heterocycles. The van der Waals surface area contributed by atoms with Crippen molar-refractivity contribution in [2.75, 3.05) is 13.2 Å².